The van der Waals surface area contributed by atoms with Gasteiger partial charge in [0.25, 0.3) is 5.91 Å². The first-order valence-corrected chi connectivity index (χ1v) is 9.11. The van der Waals surface area contributed by atoms with Crippen molar-refractivity contribution in [2.45, 2.75) is 11.9 Å². The second-order valence-electron chi connectivity index (χ2n) is 4.86. The van der Waals surface area contributed by atoms with Gasteiger partial charge in [-0.15, -0.1) is 23.1 Å². The fraction of sp³-hybridized carbons (Fsp3) is 0.250. The number of esters is 1. The van der Waals surface area contributed by atoms with E-state index in [1.54, 1.807) is 11.3 Å². The van der Waals surface area contributed by atoms with Gasteiger partial charge in [0.2, 0.25) is 0 Å². The summed E-state index contributed by atoms with van der Waals surface area (Å²) in [5.74, 6) is -0.337. The molecule has 2 aromatic rings. The van der Waals surface area contributed by atoms with E-state index in [1.165, 1.54) is 11.8 Å². The van der Waals surface area contributed by atoms with Crippen molar-refractivity contribution in [3.8, 4) is 0 Å². The molecule has 0 bridgehead atoms. The Kier molecular flexibility index (Phi) is 6.89. The maximum atomic E-state index is 12.4. The highest BCUT2D eigenvalue weighted by molar-refractivity contribution is 7.99. The van der Waals surface area contributed by atoms with Crippen LogP contribution in [0.3, 0.4) is 0 Å². The largest absolute Gasteiger partial charge is 0.455 e. The van der Waals surface area contributed by atoms with Crippen LogP contribution in [-0.2, 0) is 26.3 Å². The average Bonchev–Trinajstić information content (AvgIpc) is 3.06. The van der Waals surface area contributed by atoms with Crippen LogP contribution in [0.25, 0.3) is 0 Å². The smallest absolute Gasteiger partial charge is 0.416 e. The molecule has 1 heterocycles. The topological polar surface area (TPSA) is 55.4 Å². The maximum absolute atomic E-state index is 12.4. The molecule has 2 rings (SSSR count). The van der Waals surface area contributed by atoms with Crippen molar-refractivity contribution in [3.05, 3.63) is 52.2 Å². The maximum Gasteiger partial charge on any atom is 0.416 e. The lowest BCUT2D eigenvalue weighted by Gasteiger charge is -2.09. The number of amides is 1. The van der Waals surface area contributed by atoms with Crippen molar-refractivity contribution in [1.82, 2.24) is 0 Å². The number of thioether (sulfide) groups is 1. The molecule has 134 valence electrons. The van der Waals surface area contributed by atoms with Gasteiger partial charge in [0.1, 0.15) is 0 Å². The van der Waals surface area contributed by atoms with Crippen molar-refractivity contribution >= 4 is 40.7 Å². The quantitative estimate of drug-likeness (QED) is 0.722. The highest BCUT2D eigenvalue weighted by Crippen LogP contribution is 2.29. The number of hydrogen-bond donors (Lipinski definition) is 1. The molecule has 1 aromatic heterocycles. The van der Waals surface area contributed by atoms with E-state index in [0.717, 1.165) is 29.1 Å². The zero-order valence-electron chi connectivity index (χ0n) is 12.8. The molecule has 0 saturated heterocycles. The number of rotatable bonds is 7. The second kappa shape index (κ2) is 8.91. The van der Waals surface area contributed by atoms with Crippen molar-refractivity contribution in [2.75, 3.05) is 17.7 Å². The summed E-state index contributed by atoms with van der Waals surface area (Å²) in [4.78, 5) is 24.3. The van der Waals surface area contributed by atoms with Crippen LogP contribution < -0.4 is 5.32 Å². The Balaban J connectivity index is 1.68. The molecule has 0 aliphatic heterocycles. The van der Waals surface area contributed by atoms with Crippen molar-refractivity contribution in [2.24, 2.45) is 0 Å². The summed E-state index contributed by atoms with van der Waals surface area (Å²) in [5, 5.41) is 4.31. The third-order valence-electron chi connectivity index (χ3n) is 2.90. The van der Waals surface area contributed by atoms with Gasteiger partial charge in [-0.05, 0) is 35.7 Å². The van der Waals surface area contributed by atoms with Gasteiger partial charge < -0.3 is 10.1 Å². The van der Waals surface area contributed by atoms with E-state index >= 15 is 0 Å². The van der Waals surface area contributed by atoms with Gasteiger partial charge in [0.05, 0.1) is 11.3 Å². The van der Waals surface area contributed by atoms with Crippen molar-refractivity contribution < 1.29 is 27.5 Å². The second-order valence-corrected chi connectivity index (χ2v) is 6.87. The first kappa shape index (κ1) is 19.3. The Morgan fingerprint density at radius 3 is 2.48 bits per heavy atom. The monoisotopic (exact) mass is 389 g/mol. The molecule has 0 aliphatic carbocycles. The van der Waals surface area contributed by atoms with E-state index in [1.807, 2.05) is 17.5 Å². The van der Waals surface area contributed by atoms with E-state index in [-0.39, 0.29) is 11.4 Å². The van der Waals surface area contributed by atoms with E-state index < -0.39 is 30.2 Å². The molecule has 0 fully saturated rings. The molecule has 0 atom stereocenters. The number of nitrogens with one attached hydrogen (secondary N) is 1. The number of thiophene rings is 1. The predicted molar refractivity (Wildman–Crippen MR) is 91.5 cm³/mol. The minimum Gasteiger partial charge on any atom is -0.455 e. The summed E-state index contributed by atoms with van der Waals surface area (Å²) in [6, 6.07) is 7.88. The van der Waals surface area contributed by atoms with Gasteiger partial charge in [-0.3, -0.25) is 9.59 Å². The lowest BCUT2D eigenvalue weighted by Crippen LogP contribution is -2.21. The molecule has 1 amide bonds. The standard InChI is InChI=1S/C16H14F3NO3S2/c17-16(18,19)11-3-5-12(6-4-11)20-14(21)8-23-15(22)10-24-9-13-2-1-7-25-13/h1-7H,8-10H2,(H,20,21). The molecular weight excluding hydrogens is 375 g/mol. The Morgan fingerprint density at radius 2 is 1.88 bits per heavy atom. The van der Waals surface area contributed by atoms with Crippen LogP contribution in [-0.4, -0.2) is 24.2 Å². The number of alkyl halides is 3. The SMILES string of the molecule is O=C(COC(=O)CSCc1cccs1)Nc1ccc(C(F)(F)F)cc1. The molecule has 0 aliphatic rings. The Hall–Kier alpha value is -2.00. The van der Waals surface area contributed by atoms with Gasteiger partial charge in [0, 0.05) is 16.3 Å². The Bertz CT molecular complexity index is 700. The molecular formula is C16H14F3NO3S2. The van der Waals surface area contributed by atoms with Gasteiger partial charge >= 0.3 is 12.1 Å². The number of ether oxygens (including phenoxy) is 1. The molecule has 0 radical (unpaired) electrons. The number of hydrogen-bond acceptors (Lipinski definition) is 5. The first-order valence-electron chi connectivity index (χ1n) is 7.07. The molecule has 0 unspecified atom stereocenters. The molecule has 1 aromatic carbocycles. The van der Waals surface area contributed by atoms with Crippen LogP contribution in [0, 0.1) is 0 Å². The predicted octanol–water partition coefficient (Wildman–Crippen LogP) is 4.18. The highest BCUT2D eigenvalue weighted by Gasteiger charge is 2.29. The molecule has 0 saturated carbocycles. The summed E-state index contributed by atoms with van der Waals surface area (Å²) in [7, 11) is 0. The summed E-state index contributed by atoms with van der Waals surface area (Å²) < 4.78 is 42.1. The average molecular weight is 389 g/mol. The number of carbonyl (C=O) groups excluding carboxylic acids is 2. The fourth-order valence-electron chi connectivity index (χ4n) is 1.76. The Labute approximate surface area is 150 Å². The zero-order valence-corrected chi connectivity index (χ0v) is 14.5. The van der Waals surface area contributed by atoms with Crippen LogP contribution in [0.15, 0.2) is 41.8 Å². The van der Waals surface area contributed by atoms with Gasteiger partial charge in [-0.25, -0.2) is 0 Å². The number of benzene rings is 1. The van der Waals surface area contributed by atoms with Gasteiger partial charge in [-0.1, -0.05) is 6.07 Å². The molecule has 25 heavy (non-hydrogen) atoms. The number of anilines is 1. The summed E-state index contributed by atoms with van der Waals surface area (Å²) in [6.07, 6.45) is -4.43. The highest BCUT2D eigenvalue weighted by atomic mass is 32.2. The summed E-state index contributed by atoms with van der Waals surface area (Å²) in [6.45, 7) is -0.487. The number of halogens is 3. The van der Waals surface area contributed by atoms with Crippen molar-refractivity contribution in [1.29, 1.82) is 0 Å². The summed E-state index contributed by atoms with van der Waals surface area (Å²) in [5.41, 5.74) is -0.610. The van der Waals surface area contributed by atoms with E-state index in [9.17, 15) is 22.8 Å². The fourth-order valence-corrected chi connectivity index (χ4v) is 3.42. The third kappa shape index (κ3) is 6.79. The minimum atomic E-state index is -4.43. The van der Waals surface area contributed by atoms with Gasteiger partial charge in [0.15, 0.2) is 6.61 Å². The van der Waals surface area contributed by atoms with Gasteiger partial charge in [-0.2, -0.15) is 13.2 Å². The van der Waals surface area contributed by atoms with Crippen LogP contribution >= 0.6 is 23.1 Å². The molecule has 0 spiro atoms. The molecule has 1 N–H and O–H groups in total. The molecule has 4 nitrogen and oxygen atoms in total. The summed E-state index contributed by atoms with van der Waals surface area (Å²) >= 11 is 2.97. The van der Waals surface area contributed by atoms with Crippen molar-refractivity contribution in [3.63, 3.8) is 0 Å². The van der Waals surface area contributed by atoms with E-state index in [2.05, 4.69) is 5.32 Å². The first-order chi connectivity index (χ1) is 11.8. The van der Waals surface area contributed by atoms with Crippen LogP contribution in [0.5, 0.6) is 0 Å². The van der Waals surface area contributed by atoms with E-state index in [4.69, 9.17) is 4.74 Å². The van der Waals surface area contributed by atoms with Crippen LogP contribution in [0.4, 0.5) is 18.9 Å². The Morgan fingerprint density at radius 1 is 1.16 bits per heavy atom. The lowest BCUT2D eigenvalue weighted by atomic mass is 10.2. The molecule has 9 heteroatoms. The lowest BCUT2D eigenvalue weighted by molar-refractivity contribution is -0.144. The zero-order chi connectivity index (χ0) is 18.3. The number of carbonyl (C=O) groups is 2. The van der Waals surface area contributed by atoms with E-state index in [0.29, 0.717) is 5.75 Å². The third-order valence-corrected chi connectivity index (χ3v) is 4.92. The minimum absolute atomic E-state index is 0.117. The van der Waals surface area contributed by atoms with Crippen LogP contribution in [0.1, 0.15) is 10.4 Å². The van der Waals surface area contributed by atoms with Crippen LogP contribution in [0.2, 0.25) is 0 Å². The normalized spacial score (nSPS) is 11.2.